The largest absolute Gasteiger partial charge is 0.395 e. The Labute approximate surface area is 126 Å². The molecule has 0 unspecified atom stereocenters. The van der Waals surface area contributed by atoms with Gasteiger partial charge in [-0.1, -0.05) is 24.0 Å². The van der Waals surface area contributed by atoms with E-state index in [1.165, 1.54) is 0 Å². The molecule has 0 bridgehead atoms. The molecule has 0 saturated carbocycles. The van der Waals surface area contributed by atoms with Crippen molar-refractivity contribution in [2.45, 2.75) is 38.0 Å². The molecule has 1 fully saturated rings. The van der Waals surface area contributed by atoms with Crippen LogP contribution in [0.3, 0.4) is 0 Å². The number of aliphatic hydroxyl groups excluding tert-OH is 2. The van der Waals surface area contributed by atoms with E-state index < -0.39 is 11.7 Å². The molecule has 1 aliphatic heterocycles. The van der Waals surface area contributed by atoms with E-state index in [0.717, 1.165) is 24.2 Å². The van der Waals surface area contributed by atoms with Crippen LogP contribution in [0.15, 0.2) is 24.3 Å². The maximum atomic E-state index is 9.96. The molecular weight excluding hydrogens is 266 g/mol. The van der Waals surface area contributed by atoms with Crippen molar-refractivity contribution in [1.82, 2.24) is 4.90 Å². The summed E-state index contributed by atoms with van der Waals surface area (Å²) in [5, 5.41) is 28.6. The van der Waals surface area contributed by atoms with E-state index in [1.807, 2.05) is 24.3 Å². The Morgan fingerprint density at radius 3 is 2.67 bits per heavy atom. The summed E-state index contributed by atoms with van der Waals surface area (Å²) >= 11 is 0. The van der Waals surface area contributed by atoms with E-state index in [2.05, 4.69) is 16.7 Å². The molecule has 1 heterocycles. The van der Waals surface area contributed by atoms with Crippen LogP contribution in [0.2, 0.25) is 0 Å². The van der Waals surface area contributed by atoms with Crippen molar-refractivity contribution in [2.75, 3.05) is 19.7 Å². The molecule has 3 N–H and O–H groups in total. The second-order valence-electron chi connectivity index (χ2n) is 5.83. The molecule has 2 atom stereocenters. The number of rotatable bonds is 3. The summed E-state index contributed by atoms with van der Waals surface area (Å²) in [7, 11) is 0. The number of likely N-dealkylation sites (tertiary alicyclic amines) is 1. The highest BCUT2D eigenvalue weighted by molar-refractivity contribution is 5.36. The first-order chi connectivity index (χ1) is 10.0. The van der Waals surface area contributed by atoms with Crippen LogP contribution in [0.5, 0.6) is 0 Å². The number of hydrogen-bond donors (Lipinski definition) is 3. The quantitative estimate of drug-likeness (QED) is 0.718. The van der Waals surface area contributed by atoms with Gasteiger partial charge < -0.3 is 15.3 Å². The normalized spacial score (nSPS) is 26.2. The summed E-state index contributed by atoms with van der Waals surface area (Å²) in [4.78, 5) is 2.15. The fourth-order valence-electron chi connectivity index (χ4n) is 2.40. The number of nitrogens with zero attached hydrogens (tertiary/aromatic N) is 1. The van der Waals surface area contributed by atoms with E-state index >= 15 is 0 Å². The van der Waals surface area contributed by atoms with Crippen LogP contribution >= 0.6 is 0 Å². The Morgan fingerprint density at radius 2 is 2.05 bits per heavy atom. The number of benzene rings is 1. The summed E-state index contributed by atoms with van der Waals surface area (Å²) < 4.78 is 0. The summed E-state index contributed by atoms with van der Waals surface area (Å²) in [5.41, 5.74) is 1.13. The Balaban J connectivity index is 1.91. The van der Waals surface area contributed by atoms with E-state index in [9.17, 15) is 10.2 Å². The zero-order valence-electron chi connectivity index (χ0n) is 12.4. The van der Waals surface area contributed by atoms with E-state index in [1.54, 1.807) is 6.92 Å². The van der Waals surface area contributed by atoms with Crippen LogP contribution in [0.25, 0.3) is 0 Å². The molecule has 0 amide bonds. The highest BCUT2D eigenvalue weighted by Crippen LogP contribution is 2.23. The highest BCUT2D eigenvalue weighted by atomic mass is 16.3. The zero-order chi connectivity index (χ0) is 15.3. The van der Waals surface area contributed by atoms with Crippen LogP contribution in [-0.4, -0.2) is 51.6 Å². The molecule has 0 spiro atoms. The number of piperidine rings is 1. The Bertz CT molecular complexity index is 513. The number of aliphatic hydroxyl groups is 3. The van der Waals surface area contributed by atoms with Crippen molar-refractivity contribution < 1.29 is 15.3 Å². The van der Waals surface area contributed by atoms with Crippen LogP contribution in [0.1, 0.15) is 30.9 Å². The average Bonchev–Trinajstić information content (AvgIpc) is 2.45. The predicted molar refractivity (Wildman–Crippen MR) is 81.5 cm³/mol. The first-order valence-corrected chi connectivity index (χ1v) is 7.33. The molecule has 2 rings (SSSR count). The van der Waals surface area contributed by atoms with Crippen molar-refractivity contribution >= 4 is 0 Å². The molecule has 1 aromatic carbocycles. The average molecular weight is 289 g/mol. The second-order valence-corrected chi connectivity index (χ2v) is 5.83. The number of β-amino-alcohol motifs (C(OH)–C–C–N with tert-alkyl or cyclic N) is 1. The Hall–Kier alpha value is -1.38. The van der Waals surface area contributed by atoms with Crippen molar-refractivity contribution in [3.63, 3.8) is 0 Å². The summed E-state index contributed by atoms with van der Waals surface area (Å²) in [6.45, 7) is 3.81. The standard InChI is InChI=1S/C17H23NO3/c1-17(21)9-10-18(13-16(17)20)12-15-7-5-14(6-8-15)4-2-3-11-19/h5-8,16,19-21H,3,9-13H2,1H3/t16-,17-/m1/s1. The van der Waals surface area contributed by atoms with Crippen molar-refractivity contribution in [1.29, 1.82) is 0 Å². The SMILES string of the molecule is C[C@@]1(O)CCN(Cc2ccc(C#CCCO)cc2)C[C@H]1O. The zero-order valence-corrected chi connectivity index (χ0v) is 12.4. The van der Waals surface area contributed by atoms with Gasteiger partial charge in [-0.05, 0) is 31.0 Å². The summed E-state index contributed by atoms with van der Waals surface area (Å²) in [6.07, 6.45) is 0.376. The van der Waals surface area contributed by atoms with Crippen LogP contribution in [0, 0.1) is 11.8 Å². The van der Waals surface area contributed by atoms with Crippen molar-refractivity contribution in [3.05, 3.63) is 35.4 Å². The monoisotopic (exact) mass is 289 g/mol. The van der Waals surface area contributed by atoms with Gasteiger partial charge in [-0.25, -0.2) is 0 Å². The second kappa shape index (κ2) is 7.06. The third kappa shape index (κ3) is 4.55. The fourth-order valence-corrected chi connectivity index (χ4v) is 2.40. The van der Waals surface area contributed by atoms with E-state index in [4.69, 9.17) is 5.11 Å². The lowest BCUT2D eigenvalue weighted by atomic mass is 9.90. The Morgan fingerprint density at radius 1 is 1.33 bits per heavy atom. The third-order valence-corrected chi connectivity index (χ3v) is 3.91. The summed E-state index contributed by atoms with van der Waals surface area (Å²) in [5.74, 6) is 5.89. The van der Waals surface area contributed by atoms with Gasteiger partial charge in [-0.2, -0.15) is 0 Å². The van der Waals surface area contributed by atoms with Gasteiger partial charge in [0.25, 0.3) is 0 Å². The molecule has 1 aliphatic rings. The van der Waals surface area contributed by atoms with Crippen LogP contribution < -0.4 is 0 Å². The molecule has 0 aliphatic carbocycles. The molecule has 114 valence electrons. The van der Waals surface area contributed by atoms with Gasteiger partial charge in [-0.3, -0.25) is 4.90 Å². The van der Waals surface area contributed by atoms with Gasteiger partial charge in [0.05, 0.1) is 18.3 Å². The fraction of sp³-hybridized carbons (Fsp3) is 0.529. The lowest BCUT2D eigenvalue weighted by molar-refractivity contribution is -0.108. The number of hydrogen-bond acceptors (Lipinski definition) is 4. The highest BCUT2D eigenvalue weighted by Gasteiger charge is 2.36. The van der Waals surface area contributed by atoms with Gasteiger partial charge in [0.1, 0.15) is 0 Å². The molecule has 21 heavy (non-hydrogen) atoms. The molecule has 1 aromatic rings. The molecule has 4 heteroatoms. The minimum Gasteiger partial charge on any atom is -0.395 e. The van der Waals surface area contributed by atoms with E-state index in [0.29, 0.717) is 19.4 Å². The molecule has 0 radical (unpaired) electrons. The minimum absolute atomic E-state index is 0.0894. The minimum atomic E-state index is -0.970. The maximum absolute atomic E-state index is 9.96. The van der Waals surface area contributed by atoms with Crippen molar-refractivity contribution in [3.8, 4) is 11.8 Å². The van der Waals surface area contributed by atoms with Crippen LogP contribution in [0.4, 0.5) is 0 Å². The van der Waals surface area contributed by atoms with Crippen LogP contribution in [-0.2, 0) is 6.54 Å². The van der Waals surface area contributed by atoms with Gasteiger partial charge in [0.2, 0.25) is 0 Å². The Kier molecular flexibility index (Phi) is 5.38. The topological polar surface area (TPSA) is 63.9 Å². The first-order valence-electron chi connectivity index (χ1n) is 7.33. The molecular formula is C17H23NO3. The maximum Gasteiger partial charge on any atom is 0.0951 e. The van der Waals surface area contributed by atoms with Gasteiger partial charge in [0, 0.05) is 31.6 Å². The van der Waals surface area contributed by atoms with Gasteiger partial charge >= 0.3 is 0 Å². The predicted octanol–water partition coefficient (Wildman–Crippen LogP) is 0.738. The molecule has 1 saturated heterocycles. The smallest absolute Gasteiger partial charge is 0.0951 e. The lowest BCUT2D eigenvalue weighted by Gasteiger charge is -2.39. The molecule has 0 aromatic heterocycles. The van der Waals surface area contributed by atoms with E-state index in [-0.39, 0.29) is 6.61 Å². The first kappa shape index (κ1) is 16.0. The third-order valence-electron chi connectivity index (χ3n) is 3.91. The van der Waals surface area contributed by atoms with Gasteiger partial charge in [-0.15, -0.1) is 0 Å². The molecule has 4 nitrogen and oxygen atoms in total. The van der Waals surface area contributed by atoms with Crippen molar-refractivity contribution in [2.24, 2.45) is 0 Å². The van der Waals surface area contributed by atoms with Gasteiger partial charge in [0.15, 0.2) is 0 Å². The lowest BCUT2D eigenvalue weighted by Crippen LogP contribution is -2.53. The summed E-state index contributed by atoms with van der Waals surface area (Å²) in [6, 6.07) is 8.00.